The summed E-state index contributed by atoms with van der Waals surface area (Å²) < 4.78 is 48.2. The monoisotopic (exact) mass is 492 g/mol. The molecule has 2 aromatic carbocycles. The molecule has 1 amide bonds. The van der Waals surface area contributed by atoms with Crippen molar-refractivity contribution < 1.29 is 22.3 Å². The highest BCUT2D eigenvalue weighted by Gasteiger charge is 2.61. The van der Waals surface area contributed by atoms with Crippen LogP contribution in [0.1, 0.15) is 24.8 Å². The summed E-state index contributed by atoms with van der Waals surface area (Å²) in [5.74, 6) is -0.524. The van der Waals surface area contributed by atoms with Gasteiger partial charge in [-0.3, -0.25) is 4.79 Å². The third-order valence-electron chi connectivity index (χ3n) is 7.06. The molecule has 1 N–H and O–H groups in total. The van der Waals surface area contributed by atoms with Crippen molar-refractivity contribution in [1.82, 2.24) is 9.62 Å². The number of nitrogens with one attached hydrogen (secondary N) is 1. The average molecular weight is 493 g/mol. The van der Waals surface area contributed by atoms with E-state index in [-0.39, 0.29) is 23.6 Å². The molecule has 0 aromatic heterocycles. The number of amides is 1. The number of ether oxygens (including phenoxy) is 1. The Labute approximate surface area is 198 Å². The van der Waals surface area contributed by atoms with Gasteiger partial charge in [-0.15, -0.1) is 0 Å². The van der Waals surface area contributed by atoms with Gasteiger partial charge in [-0.05, 0) is 42.5 Å². The zero-order chi connectivity index (χ0) is 23.4. The molecule has 33 heavy (non-hydrogen) atoms. The van der Waals surface area contributed by atoms with Crippen LogP contribution >= 0.6 is 11.6 Å². The van der Waals surface area contributed by atoms with Crippen LogP contribution in [0.25, 0.3) is 11.1 Å². The molecule has 2 aliphatic heterocycles. The van der Waals surface area contributed by atoms with Crippen LogP contribution < -0.4 is 4.72 Å². The second-order valence-corrected chi connectivity index (χ2v) is 11.6. The molecule has 1 spiro atoms. The summed E-state index contributed by atoms with van der Waals surface area (Å²) in [6, 6.07) is 11.2. The number of halogens is 2. The van der Waals surface area contributed by atoms with Gasteiger partial charge in [-0.1, -0.05) is 41.9 Å². The van der Waals surface area contributed by atoms with Crippen molar-refractivity contribution in [3.8, 4) is 11.1 Å². The van der Waals surface area contributed by atoms with E-state index in [2.05, 4.69) is 4.72 Å². The standard InChI is InChI=1S/C24H26ClFN2O4S/c1-33(30,31)27-22-19(28(14-24(22)9-10-24)23(29)20-8-11-32-20)13-16-5-3-7-18(21(16)26)15-4-2-6-17(25)12-15/h2-7,12,19-20,22,27H,8-11,13-14H2,1H3/t19-,20?,22+/m0/s1. The lowest BCUT2D eigenvalue weighted by atomic mass is 9.91. The van der Waals surface area contributed by atoms with E-state index in [9.17, 15) is 13.2 Å². The van der Waals surface area contributed by atoms with Gasteiger partial charge in [-0.2, -0.15) is 0 Å². The van der Waals surface area contributed by atoms with Crippen molar-refractivity contribution in [2.24, 2.45) is 5.41 Å². The van der Waals surface area contributed by atoms with Gasteiger partial charge < -0.3 is 9.64 Å². The van der Waals surface area contributed by atoms with E-state index in [0.29, 0.717) is 41.3 Å². The predicted octanol–water partition coefficient (Wildman–Crippen LogP) is 3.39. The van der Waals surface area contributed by atoms with E-state index in [1.807, 2.05) is 0 Å². The van der Waals surface area contributed by atoms with Crippen LogP contribution in [-0.2, 0) is 26.0 Å². The zero-order valence-electron chi connectivity index (χ0n) is 18.3. The number of hydrogen-bond acceptors (Lipinski definition) is 4. The molecule has 1 unspecified atom stereocenters. The van der Waals surface area contributed by atoms with E-state index in [0.717, 1.165) is 19.1 Å². The second-order valence-electron chi connectivity index (χ2n) is 9.40. The normalized spacial score (nSPS) is 25.8. The van der Waals surface area contributed by atoms with E-state index < -0.39 is 28.2 Å². The van der Waals surface area contributed by atoms with Crippen molar-refractivity contribution in [2.75, 3.05) is 19.4 Å². The summed E-state index contributed by atoms with van der Waals surface area (Å²) in [6.45, 7) is 1.00. The zero-order valence-corrected chi connectivity index (χ0v) is 19.8. The van der Waals surface area contributed by atoms with E-state index >= 15 is 4.39 Å². The van der Waals surface area contributed by atoms with Crippen LogP contribution in [-0.4, -0.2) is 56.8 Å². The number of nitrogens with zero attached hydrogens (tertiary/aromatic N) is 1. The fourth-order valence-electron chi connectivity index (χ4n) is 5.13. The molecule has 3 fully saturated rings. The molecule has 176 valence electrons. The molecule has 2 heterocycles. The van der Waals surface area contributed by atoms with Crippen LogP contribution in [0.15, 0.2) is 42.5 Å². The third kappa shape index (κ3) is 4.41. The van der Waals surface area contributed by atoms with Gasteiger partial charge in [0.1, 0.15) is 11.9 Å². The van der Waals surface area contributed by atoms with Gasteiger partial charge in [-0.25, -0.2) is 17.5 Å². The third-order valence-corrected chi connectivity index (χ3v) is 7.98. The van der Waals surface area contributed by atoms with Gasteiger partial charge in [0.05, 0.1) is 18.9 Å². The molecule has 3 atom stereocenters. The molecule has 6 nitrogen and oxygen atoms in total. The Morgan fingerprint density at radius 2 is 2.00 bits per heavy atom. The quantitative estimate of drug-likeness (QED) is 0.670. The Balaban J connectivity index is 1.51. The van der Waals surface area contributed by atoms with Crippen molar-refractivity contribution >= 4 is 27.5 Å². The first-order valence-electron chi connectivity index (χ1n) is 11.1. The smallest absolute Gasteiger partial charge is 0.252 e. The van der Waals surface area contributed by atoms with E-state index in [4.69, 9.17) is 16.3 Å². The lowest BCUT2D eigenvalue weighted by Crippen LogP contribution is -2.53. The molecule has 0 radical (unpaired) electrons. The minimum Gasteiger partial charge on any atom is -0.368 e. The van der Waals surface area contributed by atoms with Gasteiger partial charge in [0, 0.05) is 35.0 Å². The number of carbonyl (C=O) groups is 1. The molecule has 9 heteroatoms. The number of benzene rings is 2. The number of sulfonamides is 1. The second kappa shape index (κ2) is 8.34. The summed E-state index contributed by atoms with van der Waals surface area (Å²) in [5, 5.41) is 0.512. The Kier molecular flexibility index (Phi) is 5.76. The number of hydrogen-bond donors (Lipinski definition) is 1. The summed E-state index contributed by atoms with van der Waals surface area (Å²) >= 11 is 6.10. The van der Waals surface area contributed by atoms with Crippen LogP contribution in [0.2, 0.25) is 5.02 Å². The summed E-state index contributed by atoms with van der Waals surface area (Å²) in [4.78, 5) is 14.9. The number of carbonyl (C=O) groups excluding carboxylic acids is 1. The molecule has 1 aliphatic carbocycles. The van der Waals surface area contributed by atoms with Crippen LogP contribution in [0, 0.1) is 11.2 Å². The highest BCUT2D eigenvalue weighted by molar-refractivity contribution is 7.88. The molecule has 3 aliphatic rings. The Morgan fingerprint density at radius 3 is 2.61 bits per heavy atom. The van der Waals surface area contributed by atoms with Crippen molar-refractivity contribution in [3.05, 3.63) is 58.9 Å². The van der Waals surface area contributed by atoms with Crippen LogP contribution in [0.3, 0.4) is 0 Å². The topological polar surface area (TPSA) is 75.7 Å². The maximum absolute atomic E-state index is 15.7. The first-order valence-corrected chi connectivity index (χ1v) is 13.4. The van der Waals surface area contributed by atoms with Gasteiger partial charge in [0.15, 0.2) is 0 Å². The SMILES string of the molecule is CS(=O)(=O)N[C@@H]1[C@H](Cc2cccc(-c3cccc(Cl)c3)c2F)N(C(=O)C2CCO2)CC12CC2. The summed E-state index contributed by atoms with van der Waals surface area (Å²) in [5.41, 5.74) is 1.21. The fraction of sp³-hybridized carbons (Fsp3) is 0.458. The van der Waals surface area contributed by atoms with Gasteiger partial charge >= 0.3 is 0 Å². The fourth-order valence-corrected chi connectivity index (χ4v) is 6.19. The minimum absolute atomic E-state index is 0.137. The van der Waals surface area contributed by atoms with Crippen LogP contribution in [0.5, 0.6) is 0 Å². The molecular weight excluding hydrogens is 467 g/mol. The average Bonchev–Trinajstić information content (AvgIpc) is 3.43. The molecule has 5 rings (SSSR count). The van der Waals surface area contributed by atoms with Crippen molar-refractivity contribution in [1.29, 1.82) is 0 Å². The first-order chi connectivity index (χ1) is 15.7. The highest BCUT2D eigenvalue weighted by Crippen LogP contribution is 2.56. The van der Waals surface area contributed by atoms with Crippen molar-refractivity contribution in [2.45, 2.75) is 43.9 Å². The maximum atomic E-state index is 15.7. The van der Waals surface area contributed by atoms with Gasteiger partial charge in [0.25, 0.3) is 5.91 Å². The van der Waals surface area contributed by atoms with Crippen molar-refractivity contribution in [3.63, 3.8) is 0 Å². The predicted molar refractivity (Wildman–Crippen MR) is 124 cm³/mol. The lowest BCUT2D eigenvalue weighted by molar-refractivity contribution is -0.157. The molecular formula is C24H26ClFN2O4S. The largest absolute Gasteiger partial charge is 0.368 e. The molecule has 1 saturated carbocycles. The molecule has 0 bridgehead atoms. The minimum atomic E-state index is -3.52. The molecule has 2 aromatic rings. The number of rotatable bonds is 6. The maximum Gasteiger partial charge on any atom is 0.252 e. The Hall–Kier alpha value is -2.00. The van der Waals surface area contributed by atoms with Crippen LogP contribution in [0.4, 0.5) is 4.39 Å². The van der Waals surface area contributed by atoms with Gasteiger partial charge in [0.2, 0.25) is 10.0 Å². The Bertz CT molecular complexity index is 1200. The summed E-state index contributed by atoms with van der Waals surface area (Å²) in [7, 11) is -3.52. The molecule has 2 saturated heterocycles. The van der Waals surface area contributed by atoms with E-state index in [1.54, 1.807) is 47.4 Å². The first kappa shape index (κ1) is 22.8. The Morgan fingerprint density at radius 1 is 1.27 bits per heavy atom. The van der Waals surface area contributed by atoms with E-state index in [1.165, 1.54) is 0 Å². The number of likely N-dealkylation sites (tertiary alicyclic amines) is 1. The summed E-state index contributed by atoms with van der Waals surface area (Å²) in [6.07, 6.45) is 3.14. The lowest BCUT2D eigenvalue weighted by Gasteiger charge is -2.34. The highest BCUT2D eigenvalue weighted by atomic mass is 35.5.